The third-order valence-electron chi connectivity index (χ3n) is 4.19. The van der Waals surface area contributed by atoms with Gasteiger partial charge in [0.05, 0.1) is 19.8 Å². The fourth-order valence-corrected chi connectivity index (χ4v) is 2.44. The van der Waals surface area contributed by atoms with Crippen molar-refractivity contribution in [2.24, 2.45) is 0 Å². The Kier molecular flexibility index (Phi) is 6.81. The van der Waals surface area contributed by atoms with E-state index < -0.39 is 0 Å². The smallest absolute Gasteiger partial charge is 0.222 e. The lowest BCUT2D eigenvalue weighted by atomic mass is 10.1. The molecule has 0 saturated heterocycles. The van der Waals surface area contributed by atoms with Crippen molar-refractivity contribution in [3.05, 3.63) is 59.9 Å². The van der Waals surface area contributed by atoms with E-state index >= 15 is 0 Å². The van der Waals surface area contributed by atoms with E-state index in [0.29, 0.717) is 19.4 Å². The van der Waals surface area contributed by atoms with Crippen LogP contribution < -0.4 is 9.47 Å². The number of amides is 1. The first-order valence-corrected chi connectivity index (χ1v) is 8.29. The molecule has 134 valence electrons. The van der Waals surface area contributed by atoms with E-state index in [0.717, 1.165) is 17.1 Å². The van der Waals surface area contributed by atoms with Crippen LogP contribution >= 0.6 is 0 Å². The summed E-state index contributed by atoms with van der Waals surface area (Å²) in [6.07, 6.45) is 1.03. The third kappa shape index (κ3) is 5.48. The Morgan fingerprint density at radius 1 is 1.08 bits per heavy atom. The van der Waals surface area contributed by atoms with Gasteiger partial charge < -0.3 is 14.4 Å². The molecule has 0 bridgehead atoms. The highest BCUT2D eigenvalue weighted by molar-refractivity contribution is 5.76. The summed E-state index contributed by atoms with van der Waals surface area (Å²) in [6.45, 7) is 2.40. The fraction of sp³-hybridized carbons (Fsp3) is 0.350. The van der Waals surface area contributed by atoms with Crippen LogP contribution in [-0.2, 0) is 4.79 Å². The van der Waals surface area contributed by atoms with Crippen LogP contribution in [0.15, 0.2) is 48.5 Å². The molecule has 2 aromatic carbocycles. The lowest BCUT2D eigenvalue weighted by Gasteiger charge is -2.25. The van der Waals surface area contributed by atoms with Crippen LogP contribution in [0.4, 0.5) is 4.39 Å². The maximum absolute atomic E-state index is 13.0. The summed E-state index contributed by atoms with van der Waals surface area (Å²) < 4.78 is 23.7. The Bertz CT molecular complexity index is 670. The average molecular weight is 345 g/mol. The standard InChI is InChI=1S/C20H24FNO3/c1-15(16-6-8-17(21)9-7-16)22(2)20(23)5-4-14-25-19-12-10-18(24-3)11-13-19/h6-13,15H,4-5,14H2,1-3H3. The van der Waals surface area contributed by atoms with Crippen molar-refractivity contribution in [3.63, 3.8) is 0 Å². The number of carbonyl (C=O) groups is 1. The highest BCUT2D eigenvalue weighted by Crippen LogP contribution is 2.20. The van der Waals surface area contributed by atoms with E-state index in [1.165, 1.54) is 12.1 Å². The van der Waals surface area contributed by atoms with Gasteiger partial charge in [-0.25, -0.2) is 4.39 Å². The number of ether oxygens (including phenoxy) is 2. The molecule has 0 aromatic heterocycles. The van der Waals surface area contributed by atoms with Gasteiger partial charge in [0.15, 0.2) is 0 Å². The normalized spacial score (nSPS) is 11.7. The fourth-order valence-electron chi connectivity index (χ4n) is 2.44. The largest absolute Gasteiger partial charge is 0.497 e. The molecule has 2 rings (SSSR count). The predicted molar refractivity (Wildman–Crippen MR) is 95.3 cm³/mol. The highest BCUT2D eigenvalue weighted by Gasteiger charge is 2.17. The lowest BCUT2D eigenvalue weighted by Crippen LogP contribution is -2.29. The molecule has 0 N–H and O–H groups in total. The minimum Gasteiger partial charge on any atom is -0.497 e. The zero-order valence-corrected chi connectivity index (χ0v) is 14.9. The van der Waals surface area contributed by atoms with E-state index in [2.05, 4.69) is 0 Å². The van der Waals surface area contributed by atoms with Crippen LogP contribution in [0.5, 0.6) is 11.5 Å². The van der Waals surface area contributed by atoms with E-state index in [9.17, 15) is 9.18 Å². The first-order valence-electron chi connectivity index (χ1n) is 8.29. The lowest BCUT2D eigenvalue weighted by molar-refractivity contribution is -0.132. The summed E-state index contributed by atoms with van der Waals surface area (Å²) in [7, 11) is 3.38. The molecule has 1 unspecified atom stereocenters. The minimum atomic E-state index is -0.277. The van der Waals surface area contributed by atoms with Gasteiger partial charge in [0.1, 0.15) is 17.3 Å². The maximum atomic E-state index is 13.0. The molecule has 0 radical (unpaired) electrons. The van der Waals surface area contributed by atoms with Crippen LogP contribution in [0, 0.1) is 5.82 Å². The first kappa shape index (κ1) is 18.8. The van der Waals surface area contributed by atoms with Gasteiger partial charge in [-0.05, 0) is 55.3 Å². The molecule has 0 fully saturated rings. The summed E-state index contributed by atoms with van der Waals surface area (Å²) >= 11 is 0. The highest BCUT2D eigenvalue weighted by atomic mass is 19.1. The van der Waals surface area contributed by atoms with Gasteiger partial charge in [-0.1, -0.05) is 12.1 Å². The van der Waals surface area contributed by atoms with Crippen LogP contribution in [0.3, 0.4) is 0 Å². The Balaban J connectivity index is 1.75. The van der Waals surface area contributed by atoms with E-state index in [1.54, 1.807) is 31.2 Å². The van der Waals surface area contributed by atoms with Crippen molar-refractivity contribution in [2.75, 3.05) is 20.8 Å². The summed E-state index contributed by atoms with van der Waals surface area (Å²) in [4.78, 5) is 14.0. The summed E-state index contributed by atoms with van der Waals surface area (Å²) in [5, 5.41) is 0. The molecule has 0 heterocycles. The van der Waals surface area contributed by atoms with Gasteiger partial charge in [-0.15, -0.1) is 0 Å². The molecule has 0 aliphatic heterocycles. The molecule has 0 saturated carbocycles. The summed E-state index contributed by atoms with van der Waals surface area (Å²) in [5.41, 5.74) is 0.909. The molecule has 0 aliphatic carbocycles. The molecule has 0 aliphatic rings. The summed E-state index contributed by atoms with van der Waals surface area (Å²) in [6, 6.07) is 13.5. The zero-order chi connectivity index (χ0) is 18.2. The first-order chi connectivity index (χ1) is 12.0. The van der Waals surface area contributed by atoms with Gasteiger partial charge in [0.2, 0.25) is 5.91 Å². The van der Waals surface area contributed by atoms with Crippen molar-refractivity contribution >= 4 is 5.91 Å². The van der Waals surface area contributed by atoms with Gasteiger partial charge in [-0.3, -0.25) is 4.79 Å². The van der Waals surface area contributed by atoms with Crippen molar-refractivity contribution < 1.29 is 18.7 Å². The predicted octanol–water partition coefficient (Wildman–Crippen LogP) is 4.21. The quantitative estimate of drug-likeness (QED) is 0.673. The Morgan fingerprint density at radius 2 is 1.68 bits per heavy atom. The number of halogens is 1. The van der Waals surface area contributed by atoms with Crippen LogP contribution in [-0.4, -0.2) is 31.6 Å². The minimum absolute atomic E-state index is 0.0372. The number of nitrogens with zero attached hydrogens (tertiary/aromatic N) is 1. The zero-order valence-electron chi connectivity index (χ0n) is 14.9. The molecule has 4 nitrogen and oxygen atoms in total. The van der Waals surface area contributed by atoms with Gasteiger partial charge in [-0.2, -0.15) is 0 Å². The van der Waals surface area contributed by atoms with Crippen molar-refractivity contribution in [3.8, 4) is 11.5 Å². The number of carbonyl (C=O) groups excluding carboxylic acids is 1. The molecule has 0 spiro atoms. The molecule has 1 amide bonds. The van der Waals surface area contributed by atoms with Crippen molar-refractivity contribution in [1.82, 2.24) is 4.90 Å². The topological polar surface area (TPSA) is 38.8 Å². The second kappa shape index (κ2) is 9.06. The Morgan fingerprint density at radius 3 is 2.28 bits per heavy atom. The van der Waals surface area contributed by atoms with Crippen LogP contribution in [0.2, 0.25) is 0 Å². The van der Waals surface area contributed by atoms with E-state index in [-0.39, 0.29) is 17.8 Å². The monoisotopic (exact) mass is 345 g/mol. The third-order valence-corrected chi connectivity index (χ3v) is 4.19. The Labute approximate surface area is 148 Å². The molecule has 25 heavy (non-hydrogen) atoms. The van der Waals surface area contributed by atoms with E-state index in [4.69, 9.17) is 9.47 Å². The number of rotatable bonds is 8. The number of hydrogen-bond donors (Lipinski definition) is 0. The van der Waals surface area contributed by atoms with Gasteiger partial charge in [0.25, 0.3) is 0 Å². The second-order valence-electron chi connectivity index (χ2n) is 5.86. The SMILES string of the molecule is COc1ccc(OCCCC(=O)N(C)C(C)c2ccc(F)cc2)cc1. The second-order valence-corrected chi connectivity index (χ2v) is 5.86. The Hall–Kier alpha value is -2.56. The average Bonchev–Trinajstić information content (AvgIpc) is 2.65. The van der Waals surface area contributed by atoms with E-state index in [1.807, 2.05) is 31.2 Å². The van der Waals surface area contributed by atoms with Gasteiger partial charge in [0, 0.05) is 13.5 Å². The molecular formula is C20H24FNO3. The van der Waals surface area contributed by atoms with Crippen LogP contribution in [0.25, 0.3) is 0 Å². The molecule has 1 atom stereocenters. The van der Waals surface area contributed by atoms with Crippen LogP contribution in [0.1, 0.15) is 31.4 Å². The number of benzene rings is 2. The molecule has 2 aromatic rings. The summed E-state index contributed by atoms with van der Waals surface area (Å²) in [5.74, 6) is 1.29. The van der Waals surface area contributed by atoms with Crippen molar-refractivity contribution in [2.45, 2.75) is 25.8 Å². The van der Waals surface area contributed by atoms with Gasteiger partial charge >= 0.3 is 0 Å². The number of methoxy groups -OCH3 is 1. The maximum Gasteiger partial charge on any atom is 0.222 e. The molecule has 5 heteroatoms. The molecular weight excluding hydrogens is 321 g/mol. The van der Waals surface area contributed by atoms with Crippen molar-refractivity contribution in [1.29, 1.82) is 0 Å². The number of hydrogen-bond acceptors (Lipinski definition) is 3.